The number of hydrogen-bond acceptors (Lipinski definition) is 4. The normalized spacial score (nSPS) is 17.2. The summed E-state index contributed by atoms with van der Waals surface area (Å²) in [5.41, 5.74) is -0.684. The van der Waals surface area contributed by atoms with Crippen molar-refractivity contribution in [2.75, 3.05) is 17.2 Å². The minimum Gasteiger partial charge on any atom is -0.382 e. The van der Waals surface area contributed by atoms with Crippen molar-refractivity contribution in [3.8, 4) is 11.8 Å². The molecule has 1 unspecified atom stereocenters. The van der Waals surface area contributed by atoms with Crippen LogP contribution in [0.4, 0.5) is 51.0 Å². The fourth-order valence-corrected chi connectivity index (χ4v) is 4.10. The predicted octanol–water partition coefficient (Wildman–Crippen LogP) is 5.90. The molecule has 5 nitrogen and oxygen atoms in total. The summed E-state index contributed by atoms with van der Waals surface area (Å²) in [7, 11) is 0. The first kappa shape index (κ1) is 27.7. The average Bonchev–Trinajstić information content (AvgIpc) is 2.92. The summed E-state index contributed by atoms with van der Waals surface area (Å²) in [5, 5.41) is 7.23. The van der Waals surface area contributed by atoms with E-state index >= 15 is 8.78 Å². The third-order valence-corrected chi connectivity index (χ3v) is 5.87. The Labute approximate surface area is 214 Å². The van der Waals surface area contributed by atoms with Gasteiger partial charge in [-0.2, -0.15) is 26.3 Å². The molecule has 2 N–H and O–H groups in total. The molecule has 2 aromatic carbocycles. The molecule has 14 heteroatoms. The molecule has 0 saturated carbocycles. The zero-order valence-electron chi connectivity index (χ0n) is 19.3. The second kappa shape index (κ2) is 9.79. The second-order valence-corrected chi connectivity index (χ2v) is 8.49. The van der Waals surface area contributed by atoms with Crippen molar-refractivity contribution >= 4 is 17.4 Å². The monoisotopic (exact) mass is 558 g/mol. The standard InChI is InChI=1S/C25H15F9N4O/c26-14-4-7-20-19(11-14)23(27,28)12-17(16-6-3-13(24(29,30)31)10-18(16)25(32,33)34)22(39)38(20)9-1-2-15-5-8-21(35)37-36-15/h3-8,10-11,17H,9,12H2,(H2,35,37). The van der Waals surface area contributed by atoms with Gasteiger partial charge in [-0.05, 0) is 53.9 Å². The van der Waals surface area contributed by atoms with Crippen molar-refractivity contribution in [3.05, 3.63) is 82.3 Å². The van der Waals surface area contributed by atoms with Crippen LogP contribution in [0.2, 0.25) is 0 Å². The van der Waals surface area contributed by atoms with E-state index in [0.29, 0.717) is 17.0 Å². The minimum atomic E-state index is -5.42. The number of halogens is 9. The maximum Gasteiger partial charge on any atom is 0.416 e. The van der Waals surface area contributed by atoms with E-state index in [1.807, 2.05) is 0 Å². The molecule has 204 valence electrons. The summed E-state index contributed by atoms with van der Waals surface area (Å²) < 4.78 is 126. The maximum atomic E-state index is 15.4. The number of carbonyl (C=O) groups is 1. The third-order valence-electron chi connectivity index (χ3n) is 5.87. The van der Waals surface area contributed by atoms with Crippen LogP contribution in [0.25, 0.3) is 0 Å². The van der Waals surface area contributed by atoms with Crippen molar-refractivity contribution in [2.45, 2.75) is 30.6 Å². The molecule has 39 heavy (non-hydrogen) atoms. The van der Waals surface area contributed by atoms with E-state index in [0.717, 1.165) is 12.1 Å². The van der Waals surface area contributed by atoms with Gasteiger partial charge in [0.05, 0.1) is 29.3 Å². The number of amides is 1. The van der Waals surface area contributed by atoms with Crippen LogP contribution >= 0.6 is 0 Å². The SMILES string of the molecule is Nc1ccc(C#CCN2C(=O)C(c3ccc(C(F)(F)F)cc3C(F)(F)F)CC(F)(F)c3cc(F)ccc32)nn1. The Balaban J connectivity index is 1.86. The molecule has 1 aliphatic rings. The number of carbonyl (C=O) groups excluding carboxylic acids is 1. The fourth-order valence-electron chi connectivity index (χ4n) is 4.10. The molecule has 0 radical (unpaired) electrons. The van der Waals surface area contributed by atoms with Gasteiger partial charge in [0.15, 0.2) is 0 Å². The van der Waals surface area contributed by atoms with Gasteiger partial charge in [-0.3, -0.25) is 9.69 Å². The highest BCUT2D eigenvalue weighted by Crippen LogP contribution is 2.49. The van der Waals surface area contributed by atoms with E-state index in [4.69, 9.17) is 5.73 Å². The average molecular weight is 558 g/mol. The molecule has 0 aliphatic carbocycles. The number of fused-ring (bicyclic) bond motifs is 1. The number of nitrogens with two attached hydrogens (primary N) is 1. The lowest BCUT2D eigenvalue weighted by atomic mass is 9.86. The molecule has 0 spiro atoms. The molecular formula is C25H15F9N4O. The van der Waals surface area contributed by atoms with Gasteiger partial charge >= 0.3 is 12.4 Å². The molecule has 4 rings (SSSR count). The van der Waals surface area contributed by atoms with Crippen LogP contribution in [-0.4, -0.2) is 22.6 Å². The van der Waals surface area contributed by atoms with Crippen molar-refractivity contribution < 1.29 is 44.3 Å². The number of hydrogen-bond donors (Lipinski definition) is 1. The maximum absolute atomic E-state index is 15.4. The van der Waals surface area contributed by atoms with E-state index in [9.17, 15) is 35.5 Å². The lowest BCUT2D eigenvalue weighted by molar-refractivity contribution is -0.143. The Morgan fingerprint density at radius 1 is 0.974 bits per heavy atom. The van der Waals surface area contributed by atoms with Crippen molar-refractivity contribution in [2.24, 2.45) is 0 Å². The summed E-state index contributed by atoms with van der Waals surface area (Å²) in [4.78, 5) is 14.2. The smallest absolute Gasteiger partial charge is 0.382 e. The Morgan fingerprint density at radius 2 is 1.69 bits per heavy atom. The van der Waals surface area contributed by atoms with Crippen LogP contribution in [0, 0.1) is 17.7 Å². The molecule has 2 heterocycles. The Morgan fingerprint density at radius 3 is 2.31 bits per heavy atom. The van der Waals surface area contributed by atoms with E-state index < -0.39 is 76.8 Å². The summed E-state index contributed by atoms with van der Waals surface area (Å²) in [6.45, 7) is -0.655. The molecule has 0 fully saturated rings. The van der Waals surface area contributed by atoms with E-state index in [2.05, 4.69) is 22.0 Å². The number of benzene rings is 2. The van der Waals surface area contributed by atoms with Gasteiger partial charge in [-0.1, -0.05) is 12.0 Å². The molecule has 0 saturated heterocycles. The zero-order chi connectivity index (χ0) is 28.8. The molecule has 1 atom stereocenters. The van der Waals surface area contributed by atoms with Crippen LogP contribution in [0.1, 0.15) is 40.3 Å². The fraction of sp³-hybridized carbons (Fsp3) is 0.240. The lowest BCUT2D eigenvalue weighted by Crippen LogP contribution is -2.35. The molecular weight excluding hydrogens is 543 g/mol. The first-order valence-electron chi connectivity index (χ1n) is 10.9. The number of nitrogens with zero attached hydrogens (tertiary/aromatic N) is 3. The van der Waals surface area contributed by atoms with Gasteiger partial charge in [-0.15, -0.1) is 10.2 Å². The van der Waals surface area contributed by atoms with Crippen LogP contribution in [0.5, 0.6) is 0 Å². The number of aromatic nitrogens is 2. The number of nitrogen functional groups attached to an aromatic ring is 1. The molecule has 1 aliphatic heterocycles. The Kier molecular flexibility index (Phi) is 6.97. The lowest BCUT2D eigenvalue weighted by Gasteiger charge is -2.26. The van der Waals surface area contributed by atoms with Crippen molar-refractivity contribution in [1.29, 1.82) is 0 Å². The summed E-state index contributed by atoms with van der Waals surface area (Å²) >= 11 is 0. The summed E-state index contributed by atoms with van der Waals surface area (Å²) in [6.07, 6.45) is -12.2. The quantitative estimate of drug-likeness (QED) is 0.314. The molecule has 3 aromatic rings. The molecule has 0 bridgehead atoms. The Bertz CT molecular complexity index is 1470. The summed E-state index contributed by atoms with van der Waals surface area (Å²) in [6, 6.07) is 5.17. The largest absolute Gasteiger partial charge is 0.416 e. The van der Waals surface area contributed by atoms with Gasteiger partial charge in [0.2, 0.25) is 5.91 Å². The van der Waals surface area contributed by atoms with E-state index in [1.165, 1.54) is 12.1 Å². The highest BCUT2D eigenvalue weighted by atomic mass is 19.4. The minimum absolute atomic E-state index is 0.0646. The van der Waals surface area contributed by atoms with Gasteiger partial charge < -0.3 is 5.73 Å². The highest BCUT2D eigenvalue weighted by Gasteiger charge is 2.49. The third kappa shape index (κ3) is 5.76. The zero-order valence-corrected chi connectivity index (χ0v) is 19.3. The number of anilines is 2. The van der Waals surface area contributed by atoms with Crippen LogP contribution < -0.4 is 10.6 Å². The highest BCUT2D eigenvalue weighted by molar-refractivity contribution is 6.00. The summed E-state index contributed by atoms with van der Waals surface area (Å²) in [5.74, 6) is -3.66. The van der Waals surface area contributed by atoms with Gasteiger partial charge in [-0.25, -0.2) is 13.2 Å². The van der Waals surface area contributed by atoms with E-state index in [1.54, 1.807) is 0 Å². The van der Waals surface area contributed by atoms with Crippen LogP contribution in [-0.2, 0) is 23.1 Å². The van der Waals surface area contributed by atoms with Gasteiger partial charge in [0.1, 0.15) is 17.3 Å². The van der Waals surface area contributed by atoms with E-state index in [-0.39, 0.29) is 23.6 Å². The Hall–Kier alpha value is -4.28. The second-order valence-electron chi connectivity index (χ2n) is 8.49. The first-order valence-corrected chi connectivity index (χ1v) is 10.9. The van der Waals surface area contributed by atoms with Crippen molar-refractivity contribution in [3.63, 3.8) is 0 Å². The topological polar surface area (TPSA) is 72.1 Å². The number of alkyl halides is 8. The first-order chi connectivity index (χ1) is 18.1. The van der Waals surface area contributed by atoms with Crippen molar-refractivity contribution in [1.82, 2.24) is 10.2 Å². The number of rotatable bonds is 2. The van der Waals surface area contributed by atoms with Crippen LogP contribution in [0.3, 0.4) is 0 Å². The van der Waals surface area contributed by atoms with Gasteiger partial charge in [0.25, 0.3) is 5.92 Å². The van der Waals surface area contributed by atoms with Crippen LogP contribution in [0.15, 0.2) is 48.5 Å². The molecule has 1 aromatic heterocycles. The predicted molar refractivity (Wildman–Crippen MR) is 120 cm³/mol. The molecule has 1 amide bonds. The van der Waals surface area contributed by atoms with Gasteiger partial charge in [0, 0.05) is 12.0 Å².